The highest BCUT2D eigenvalue weighted by molar-refractivity contribution is 9.10. The number of nitrogens with zero attached hydrogens (tertiary/aromatic N) is 2. The van der Waals surface area contributed by atoms with Gasteiger partial charge in [-0.1, -0.05) is 15.9 Å². The molecule has 0 bridgehead atoms. The van der Waals surface area contributed by atoms with Gasteiger partial charge in [-0.3, -0.25) is 0 Å². The molecule has 0 radical (unpaired) electrons. The predicted octanol–water partition coefficient (Wildman–Crippen LogP) is 4.16. The second-order valence-corrected chi connectivity index (χ2v) is 4.99. The number of ether oxygens (including phenoxy) is 1. The van der Waals surface area contributed by atoms with E-state index in [4.69, 9.17) is 16.3 Å². The molecular weight excluding hydrogens is 322 g/mol. The van der Waals surface area contributed by atoms with Gasteiger partial charge < -0.3 is 4.74 Å². The standard InChI is InChI=1S/C12H11BrClFN2O/c1-7-9(6-14)12(17(2)16-7)18-11-4-3-8(13)5-10(11)15/h3-5H,6H2,1-2H3. The van der Waals surface area contributed by atoms with Gasteiger partial charge in [0.1, 0.15) is 0 Å². The van der Waals surface area contributed by atoms with Crippen molar-refractivity contribution in [3.8, 4) is 11.6 Å². The number of rotatable bonds is 3. The van der Waals surface area contributed by atoms with Gasteiger partial charge in [-0.25, -0.2) is 9.07 Å². The van der Waals surface area contributed by atoms with Crippen LogP contribution in [0.15, 0.2) is 22.7 Å². The quantitative estimate of drug-likeness (QED) is 0.789. The van der Waals surface area contributed by atoms with Crippen molar-refractivity contribution >= 4 is 27.5 Å². The molecule has 0 fully saturated rings. The van der Waals surface area contributed by atoms with Crippen LogP contribution in [0.1, 0.15) is 11.3 Å². The van der Waals surface area contributed by atoms with Crippen molar-refractivity contribution in [2.45, 2.75) is 12.8 Å². The summed E-state index contributed by atoms with van der Waals surface area (Å²) in [5.74, 6) is 0.438. The molecule has 2 rings (SSSR count). The fourth-order valence-electron chi connectivity index (χ4n) is 1.62. The summed E-state index contributed by atoms with van der Waals surface area (Å²) in [6, 6.07) is 4.61. The van der Waals surface area contributed by atoms with Crippen LogP contribution in [0.4, 0.5) is 4.39 Å². The molecule has 1 aromatic carbocycles. The summed E-state index contributed by atoms with van der Waals surface area (Å²) in [6.07, 6.45) is 0. The molecule has 6 heteroatoms. The lowest BCUT2D eigenvalue weighted by atomic mass is 10.3. The summed E-state index contributed by atoms with van der Waals surface area (Å²) in [4.78, 5) is 0. The van der Waals surface area contributed by atoms with E-state index in [2.05, 4.69) is 21.0 Å². The Bertz CT molecular complexity index is 586. The van der Waals surface area contributed by atoms with Crippen LogP contribution in [0.2, 0.25) is 0 Å². The molecule has 0 saturated carbocycles. The van der Waals surface area contributed by atoms with Gasteiger partial charge in [-0.05, 0) is 25.1 Å². The van der Waals surface area contributed by atoms with E-state index in [1.807, 2.05) is 6.92 Å². The van der Waals surface area contributed by atoms with Crippen LogP contribution < -0.4 is 4.74 Å². The molecule has 0 atom stereocenters. The molecule has 0 spiro atoms. The molecule has 3 nitrogen and oxygen atoms in total. The van der Waals surface area contributed by atoms with Crippen LogP contribution in [-0.4, -0.2) is 9.78 Å². The van der Waals surface area contributed by atoms with E-state index in [1.165, 1.54) is 6.07 Å². The Morgan fingerprint density at radius 2 is 2.22 bits per heavy atom. The van der Waals surface area contributed by atoms with Gasteiger partial charge in [0.25, 0.3) is 0 Å². The Balaban J connectivity index is 2.39. The maximum atomic E-state index is 13.7. The van der Waals surface area contributed by atoms with Crippen molar-refractivity contribution in [1.82, 2.24) is 9.78 Å². The summed E-state index contributed by atoms with van der Waals surface area (Å²) >= 11 is 9.04. The monoisotopic (exact) mass is 332 g/mol. The maximum Gasteiger partial charge on any atom is 0.222 e. The number of alkyl halides is 1. The molecule has 0 aliphatic heterocycles. The lowest BCUT2D eigenvalue weighted by Gasteiger charge is -2.08. The molecule has 1 aromatic heterocycles. The highest BCUT2D eigenvalue weighted by atomic mass is 79.9. The average molecular weight is 334 g/mol. The Hall–Kier alpha value is -1.07. The zero-order chi connectivity index (χ0) is 13.3. The molecule has 0 aliphatic rings. The molecule has 0 saturated heterocycles. The zero-order valence-electron chi connectivity index (χ0n) is 9.88. The molecule has 0 unspecified atom stereocenters. The summed E-state index contributed by atoms with van der Waals surface area (Å²) < 4.78 is 21.5. The van der Waals surface area contributed by atoms with E-state index >= 15 is 0 Å². The number of benzene rings is 1. The normalized spacial score (nSPS) is 10.7. The molecule has 0 N–H and O–H groups in total. The molecule has 1 heterocycles. The Morgan fingerprint density at radius 1 is 1.50 bits per heavy atom. The van der Waals surface area contributed by atoms with Crippen LogP contribution in [0.5, 0.6) is 11.6 Å². The average Bonchev–Trinajstić information content (AvgIpc) is 2.57. The largest absolute Gasteiger partial charge is 0.436 e. The van der Waals surface area contributed by atoms with Crippen molar-refractivity contribution < 1.29 is 9.13 Å². The topological polar surface area (TPSA) is 27.1 Å². The third kappa shape index (κ3) is 2.52. The second kappa shape index (κ2) is 5.28. The van der Waals surface area contributed by atoms with Crippen molar-refractivity contribution in [2.75, 3.05) is 0 Å². The van der Waals surface area contributed by atoms with Gasteiger partial charge in [0, 0.05) is 11.5 Å². The summed E-state index contributed by atoms with van der Waals surface area (Å²) in [5, 5.41) is 4.20. The fourth-order valence-corrected chi connectivity index (χ4v) is 2.27. The minimum Gasteiger partial charge on any atom is -0.436 e. The third-order valence-corrected chi connectivity index (χ3v) is 3.28. The number of hydrogen-bond acceptors (Lipinski definition) is 2. The maximum absolute atomic E-state index is 13.7. The second-order valence-electron chi connectivity index (χ2n) is 3.80. The number of aryl methyl sites for hydroxylation is 2. The summed E-state index contributed by atoms with van der Waals surface area (Å²) in [5.41, 5.74) is 1.54. The van der Waals surface area contributed by atoms with Gasteiger partial charge in [0.2, 0.25) is 5.88 Å². The van der Waals surface area contributed by atoms with Gasteiger partial charge in [-0.2, -0.15) is 5.10 Å². The fraction of sp³-hybridized carbons (Fsp3) is 0.250. The van der Waals surface area contributed by atoms with Crippen molar-refractivity contribution in [3.05, 3.63) is 39.7 Å². The SMILES string of the molecule is Cc1nn(C)c(Oc2ccc(Br)cc2F)c1CCl. The Labute approximate surface area is 118 Å². The summed E-state index contributed by atoms with van der Waals surface area (Å²) in [6.45, 7) is 1.84. The molecule has 0 aliphatic carbocycles. The minimum absolute atomic E-state index is 0.146. The highest BCUT2D eigenvalue weighted by Gasteiger charge is 2.16. The van der Waals surface area contributed by atoms with E-state index < -0.39 is 5.82 Å². The van der Waals surface area contributed by atoms with E-state index in [9.17, 15) is 4.39 Å². The molecule has 96 valence electrons. The van der Waals surface area contributed by atoms with Crippen molar-refractivity contribution in [1.29, 1.82) is 0 Å². The first-order valence-electron chi connectivity index (χ1n) is 5.24. The lowest BCUT2D eigenvalue weighted by Crippen LogP contribution is -1.98. The van der Waals surface area contributed by atoms with Crippen LogP contribution in [-0.2, 0) is 12.9 Å². The predicted molar refractivity (Wildman–Crippen MR) is 71.7 cm³/mol. The number of hydrogen-bond donors (Lipinski definition) is 0. The molecule has 2 aromatic rings. The van der Waals surface area contributed by atoms with Gasteiger partial charge in [0.05, 0.1) is 17.1 Å². The van der Waals surface area contributed by atoms with Gasteiger partial charge in [-0.15, -0.1) is 11.6 Å². The minimum atomic E-state index is -0.441. The first kappa shape index (κ1) is 13.4. The van der Waals surface area contributed by atoms with Gasteiger partial charge in [0.15, 0.2) is 11.6 Å². The van der Waals surface area contributed by atoms with E-state index in [0.717, 1.165) is 11.3 Å². The number of aromatic nitrogens is 2. The van der Waals surface area contributed by atoms with E-state index in [0.29, 0.717) is 10.4 Å². The third-order valence-electron chi connectivity index (χ3n) is 2.52. The van der Waals surface area contributed by atoms with E-state index in [1.54, 1.807) is 23.9 Å². The molecular formula is C12H11BrClFN2O. The number of halogens is 3. The van der Waals surface area contributed by atoms with Crippen LogP contribution in [0.3, 0.4) is 0 Å². The molecule has 18 heavy (non-hydrogen) atoms. The molecule has 0 amide bonds. The van der Waals surface area contributed by atoms with Gasteiger partial charge >= 0.3 is 0 Å². The smallest absolute Gasteiger partial charge is 0.222 e. The first-order chi connectivity index (χ1) is 8.52. The van der Waals surface area contributed by atoms with E-state index in [-0.39, 0.29) is 11.6 Å². The van der Waals surface area contributed by atoms with Crippen LogP contribution >= 0.6 is 27.5 Å². The van der Waals surface area contributed by atoms with Crippen molar-refractivity contribution in [2.24, 2.45) is 7.05 Å². The Morgan fingerprint density at radius 3 is 2.83 bits per heavy atom. The van der Waals surface area contributed by atoms with Crippen LogP contribution in [0.25, 0.3) is 0 Å². The van der Waals surface area contributed by atoms with Crippen molar-refractivity contribution in [3.63, 3.8) is 0 Å². The van der Waals surface area contributed by atoms with Crippen LogP contribution in [0, 0.1) is 12.7 Å². The zero-order valence-corrected chi connectivity index (χ0v) is 12.2. The summed E-state index contributed by atoms with van der Waals surface area (Å²) in [7, 11) is 1.73. The Kier molecular flexibility index (Phi) is 3.92. The lowest BCUT2D eigenvalue weighted by molar-refractivity contribution is 0.400. The highest BCUT2D eigenvalue weighted by Crippen LogP contribution is 2.31. The first-order valence-corrected chi connectivity index (χ1v) is 6.57.